The minimum absolute atomic E-state index is 0.289. The summed E-state index contributed by atoms with van der Waals surface area (Å²) in [6.45, 7) is 0. The molecule has 5 nitrogen and oxygen atoms in total. The lowest BCUT2D eigenvalue weighted by Crippen LogP contribution is -2.49. The Morgan fingerprint density at radius 1 is 1.44 bits per heavy atom. The van der Waals surface area contributed by atoms with Crippen molar-refractivity contribution in [3.8, 4) is 0 Å². The van der Waals surface area contributed by atoms with Gasteiger partial charge in [-0.25, -0.2) is 4.79 Å². The summed E-state index contributed by atoms with van der Waals surface area (Å²) in [7, 11) is 1.51. The first-order valence-electron chi connectivity index (χ1n) is 5.44. The smallest absolute Gasteiger partial charge is 0.326 e. The average Bonchev–Trinajstić information content (AvgIpc) is 2.24. The minimum Gasteiger partial charge on any atom is -0.480 e. The zero-order valence-corrected chi connectivity index (χ0v) is 9.43. The number of nitrogens with zero attached hydrogens (tertiary/aromatic N) is 1. The normalized spacial score (nSPS) is 27.9. The van der Waals surface area contributed by atoms with Crippen molar-refractivity contribution in [1.29, 1.82) is 0 Å². The largest absolute Gasteiger partial charge is 0.480 e. The molecule has 0 aromatic heterocycles. The van der Waals surface area contributed by atoms with E-state index in [9.17, 15) is 9.59 Å². The molecule has 0 aliphatic carbocycles. The van der Waals surface area contributed by atoms with Crippen molar-refractivity contribution in [2.45, 2.75) is 37.8 Å². The number of carbonyl (C=O) groups excluding carboxylic acids is 1. The van der Waals surface area contributed by atoms with Gasteiger partial charge in [0.1, 0.15) is 6.04 Å². The van der Waals surface area contributed by atoms with Crippen molar-refractivity contribution < 1.29 is 14.7 Å². The van der Waals surface area contributed by atoms with Crippen LogP contribution in [0.25, 0.3) is 0 Å². The van der Waals surface area contributed by atoms with E-state index >= 15 is 0 Å². The standard InChI is InChI=1S/C11H18N2O3/c1-13-9(11(15)16)7-5-3-2-4-6-8(12)10(13)14/h2-3,8-9H,4-7,12H2,1H3,(H,15,16)/t8-,9-/m0/s1. The molecule has 0 saturated carbocycles. The van der Waals surface area contributed by atoms with Crippen molar-refractivity contribution in [1.82, 2.24) is 4.90 Å². The zero-order valence-electron chi connectivity index (χ0n) is 9.43. The van der Waals surface area contributed by atoms with Gasteiger partial charge in [0, 0.05) is 7.05 Å². The Morgan fingerprint density at radius 2 is 2.00 bits per heavy atom. The van der Waals surface area contributed by atoms with Crippen LogP contribution in [0.15, 0.2) is 12.2 Å². The van der Waals surface area contributed by atoms with E-state index in [0.717, 1.165) is 6.42 Å². The van der Waals surface area contributed by atoms with Crippen LogP contribution < -0.4 is 5.73 Å². The molecule has 0 aromatic carbocycles. The van der Waals surface area contributed by atoms with Gasteiger partial charge in [-0.05, 0) is 25.7 Å². The van der Waals surface area contributed by atoms with Crippen molar-refractivity contribution in [2.75, 3.05) is 7.05 Å². The summed E-state index contributed by atoms with van der Waals surface area (Å²) in [5.74, 6) is -1.26. The van der Waals surface area contributed by atoms with Crippen LogP contribution in [0.4, 0.5) is 0 Å². The molecule has 0 bridgehead atoms. The first kappa shape index (κ1) is 12.7. The molecule has 0 spiro atoms. The molecule has 5 heteroatoms. The predicted molar refractivity (Wildman–Crippen MR) is 59.8 cm³/mol. The summed E-state index contributed by atoms with van der Waals surface area (Å²) >= 11 is 0. The summed E-state index contributed by atoms with van der Waals surface area (Å²) in [5, 5.41) is 9.03. The lowest BCUT2D eigenvalue weighted by atomic mass is 10.0. The molecule has 1 amide bonds. The number of hydrogen-bond donors (Lipinski definition) is 2. The van der Waals surface area contributed by atoms with Crippen molar-refractivity contribution in [3.05, 3.63) is 12.2 Å². The third-order valence-corrected chi connectivity index (χ3v) is 2.84. The Morgan fingerprint density at radius 3 is 2.56 bits per heavy atom. The van der Waals surface area contributed by atoms with Gasteiger partial charge in [-0.1, -0.05) is 12.2 Å². The molecule has 0 fully saturated rings. The van der Waals surface area contributed by atoms with E-state index in [1.807, 2.05) is 12.2 Å². The molecule has 0 saturated heterocycles. The number of likely N-dealkylation sites (N-methyl/N-ethyl adjacent to an activating group) is 1. The first-order valence-corrected chi connectivity index (χ1v) is 5.44. The van der Waals surface area contributed by atoms with E-state index < -0.39 is 18.1 Å². The molecule has 3 N–H and O–H groups in total. The summed E-state index contributed by atoms with van der Waals surface area (Å²) in [4.78, 5) is 24.1. The molecule has 1 heterocycles. The van der Waals surface area contributed by atoms with Gasteiger partial charge in [-0.15, -0.1) is 0 Å². The van der Waals surface area contributed by atoms with E-state index in [1.165, 1.54) is 11.9 Å². The molecule has 1 aliphatic rings. The molecule has 0 unspecified atom stereocenters. The minimum atomic E-state index is -0.975. The second-order valence-corrected chi connectivity index (χ2v) is 4.04. The molecular weight excluding hydrogens is 208 g/mol. The Hall–Kier alpha value is -1.36. The summed E-state index contributed by atoms with van der Waals surface area (Å²) < 4.78 is 0. The van der Waals surface area contributed by atoms with Crippen molar-refractivity contribution >= 4 is 11.9 Å². The SMILES string of the molecule is CN1C(=O)[C@@H](N)CCC=CCC[C@H]1C(=O)O. The van der Waals surface area contributed by atoms with Crippen molar-refractivity contribution in [3.63, 3.8) is 0 Å². The van der Waals surface area contributed by atoms with E-state index in [1.54, 1.807) is 0 Å². The lowest BCUT2D eigenvalue weighted by Gasteiger charge is -2.27. The number of aliphatic carboxylic acids is 1. The van der Waals surface area contributed by atoms with Gasteiger partial charge in [0.25, 0.3) is 0 Å². The molecule has 0 radical (unpaired) electrons. The van der Waals surface area contributed by atoms with Gasteiger partial charge in [0.05, 0.1) is 6.04 Å². The van der Waals surface area contributed by atoms with Crippen LogP contribution >= 0.6 is 0 Å². The van der Waals surface area contributed by atoms with Gasteiger partial charge in [-0.3, -0.25) is 4.79 Å². The van der Waals surface area contributed by atoms with E-state index in [4.69, 9.17) is 10.8 Å². The Bertz CT molecular complexity index is 302. The number of allylic oxidation sites excluding steroid dienone is 2. The number of nitrogens with two attached hydrogens (primary N) is 1. The molecule has 2 atom stereocenters. The zero-order chi connectivity index (χ0) is 12.1. The molecule has 16 heavy (non-hydrogen) atoms. The summed E-state index contributed by atoms with van der Waals surface area (Å²) in [6.07, 6.45) is 6.33. The van der Waals surface area contributed by atoms with Crippen LogP contribution in [0.5, 0.6) is 0 Å². The molecular formula is C11H18N2O3. The van der Waals surface area contributed by atoms with Crippen LogP contribution in [0.3, 0.4) is 0 Å². The quantitative estimate of drug-likeness (QED) is 0.632. The number of hydrogen-bond acceptors (Lipinski definition) is 3. The third kappa shape index (κ3) is 3.06. The highest BCUT2D eigenvalue weighted by molar-refractivity contribution is 5.86. The van der Waals surface area contributed by atoms with Crippen LogP contribution in [0, 0.1) is 0 Å². The maximum atomic E-state index is 11.8. The first-order chi connectivity index (χ1) is 7.54. The Balaban J connectivity index is 2.83. The second kappa shape index (κ2) is 5.65. The molecule has 0 aromatic rings. The third-order valence-electron chi connectivity index (χ3n) is 2.84. The fourth-order valence-corrected chi connectivity index (χ4v) is 1.79. The summed E-state index contributed by atoms with van der Waals surface area (Å²) in [5.41, 5.74) is 5.70. The van der Waals surface area contributed by atoms with E-state index in [2.05, 4.69) is 0 Å². The Kier molecular flexibility index (Phi) is 4.49. The van der Waals surface area contributed by atoms with Crippen LogP contribution in [0.1, 0.15) is 25.7 Å². The van der Waals surface area contributed by atoms with Gasteiger partial charge >= 0.3 is 5.97 Å². The maximum absolute atomic E-state index is 11.8. The number of rotatable bonds is 1. The van der Waals surface area contributed by atoms with Gasteiger partial charge < -0.3 is 15.7 Å². The Labute approximate surface area is 94.9 Å². The van der Waals surface area contributed by atoms with Gasteiger partial charge in [0.15, 0.2) is 0 Å². The number of carboxylic acids is 1. The summed E-state index contributed by atoms with van der Waals surface area (Å²) in [6, 6.07) is -1.38. The maximum Gasteiger partial charge on any atom is 0.326 e. The van der Waals surface area contributed by atoms with E-state index in [0.29, 0.717) is 19.3 Å². The highest BCUT2D eigenvalue weighted by Gasteiger charge is 2.28. The lowest BCUT2D eigenvalue weighted by molar-refractivity contribution is -0.149. The second-order valence-electron chi connectivity index (χ2n) is 4.04. The highest BCUT2D eigenvalue weighted by Crippen LogP contribution is 2.12. The van der Waals surface area contributed by atoms with Gasteiger partial charge in [-0.2, -0.15) is 0 Å². The van der Waals surface area contributed by atoms with Crippen LogP contribution in [0.2, 0.25) is 0 Å². The molecule has 90 valence electrons. The van der Waals surface area contributed by atoms with Crippen LogP contribution in [-0.4, -0.2) is 41.0 Å². The predicted octanol–water partition coefficient (Wildman–Crippen LogP) is 0.355. The highest BCUT2D eigenvalue weighted by atomic mass is 16.4. The number of carbonyl (C=O) groups is 2. The van der Waals surface area contributed by atoms with Crippen molar-refractivity contribution in [2.24, 2.45) is 5.73 Å². The number of amides is 1. The topological polar surface area (TPSA) is 83.6 Å². The molecule has 1 rings (SSSR count). The fraction of sp³-hybridized carbons (Fsp3) is 0.636. The molecule has 1 aliphatic heterocycles. The number of carboxylic acid groups (broad SMARTS) is 1. The van der Waals surface area contributed by atoms with Crippen LogP contribution in [-0.2, 0) is 9.59 Å². The monoisotopic (exact) mass is 226 g/mol. The van der Waals surface area contributed by atoms with Gasteiger partial charge in [0.2, 0.25) is 5.91 Å². The van der Waals surface area contributed by atoms with E-state index in [-0.39, 0.29) is 5.91 Å². The average molecular weight is 226 g/mol. The fourth-order valence-electron chi connectivity index (χ4n) is 1.79.